The van der Waals surface area contributed by atoms with E-state index in [1.54, 1.807) is 0 Å². The number of aromatic nitrogens is 3. The number of hydrogen-bond acceptors (Lipinski definition) is 5. The Morgan fingerprint density at radius 2 is 1.71 bits per heavy atom. The summed E-state index contributed by atoms with van der Waals surface area (Å²) >= 11 is 1.32. The Balaban J connectivity index is 1.49. The Labute approximate surface area is 186 Å². The Kier molecular flexibility index (Phi) is 7.46. The number of rotatable bonds is 8. The number of thioether (sulfide) groups is 1. The summed E-state index contributed by atoms with van der Waals surface area (Å²) in [4.78, 5) is 24.5. The maximum absolute atomic E-state index is 12.3. The summed E-state index contributed by atoms with van der Waals surface area (Å²) in [5.74, 6) is 0.763. The molecule has 0 fully saturated rings. The highest BCUT2D eigenvalue weighted by molar-refractivity contribution is 7.99. The first-order valence-electron chi connectivity index (χ1n) is 10.1. The molecule has 0 aliphatic rings. The molecule has 1 heterocycles. The van der Waals surface area contributed by atoms with Gasteiger partial charge in [-0.15, -0.1) is 10.2 Å². The first-order valence-corrected chi connectivity index (χ1v) is 11.1. The minimum Gasteiger partial charge on any atom is -0.326 e. The molecule has 3 aromatic rings. The number of benzene rings is 2. The second kappa shape index (κ2) is 10.3. The minimum absolute atomic E-state index is 0.0750. The highest BCUT2D eigenvalue weighted by Crippen LogP contribution is 2.20. The summed E-state index contributed by atoms with van der Waals surface area (Å²) in [6.45, 7) is 6.01. The molecule has 0 aliphatic heterocycles. The van der Waals surface area contributed by atoms with E-state index in [9.17, 15) is 9.59 Å². The standard InChI is InChI=1S/C23H27N5O2S/c1-15-8-10-18(11-9-15)24-21(29)13-12-20-26-27-23(28(20)4)31-14-22(30)25-19-7-5-6-16(2)17(19)3/h5-11H,12-14H2,1-4H3,(H,24,29)(H,25,30). The van der Waals surface area contributed by atoms with Crippen molar-refractivity contribution >= 4 is 35.0 Å². The summed E-state index contributed by atoms with van der Waals surface area (Å²) in [5.41, 5.74) is 4.94. The maximum Gasteiger partial charge on any atom is 0.234 e. The fraction of sp³-hybridized carbons (Fsp3) is 0.304. The number of anilines is 2. The van der Waals surface area contributed by atoms with Gasteiger partial charge in [0, 0.05) is 31.3 Å². The van der Waals surface area contributed by atoms with E-state index in [0.717, 1.165) is 28.1 Å². The monoisotopic (exact) mass is 437 g/mol. The Morgan fingerprint density at radius 1 is 0.968 bits per heavy atom. The van der Waals surface area contributed by atoms with Crippen LogP contribution in [-0.4, -0.2) is 32.3 Å². The highest BCUT2D eigenvalue weighted by atomic mass is 32.2. The molecule has 0 saturated heterocycles. The molecule has 0 saturated carbocycles. The van der Waals surface area contributed by atoms with E-state index < -0.39 is 0 Å². The van der Waals surface area contributed by atoms with Crippen LogP contribution in [0.5, 0.6) is 0 Å². The van der Waals surface area contributed by atoms with Crippen molar-refractivity contribution in [2.45, 2.75) is 38.8 Å². The van der Waals surface area contributed by atoms with E-state index in [4.69, 9.17) is 0 Å². The predicted molar refractivity (Wildman–Crippen MR) is 124 cm³/mol. The van der Waals surface area contributed by atoms with E-state index in [1.165, 1.54) is 11.8 Å². The molecule has 0 aliphatic carbocycles. The average molecular weight is 438 g/mol. The number of carbonyl (C=O) groups is 2. The highest BCUT2D eigenvalue weighted by Gasteiger charge is 2.14. The Bertz CT molecular complexity index is 1080. The number of nitrogens with zero attached hydrogens (tertiary/aromatic N) is 3. The third kappa shape index (κ3) is 6.18. The third-order valence-electron chi connectivity index (χ3n) is 5.05. The van der Waals surface area contributed by atoms with Crippen molar-refractivity contribution in [3.05, 3.63) is 65.0 Å². The van der Waals surface area contributed by atoms with Crippen molar-refractivity contribution < 1.29 is 9.59 Å². The lowest BCUT2D eigenvalue weighted by molar-refractivity contribution is -0.116. The number of nitrogens with one attached hydrogen (secondary N) is 2. The van der Waals surface area contributed by atoms with Gasteiger partial charge in [0.15, 0.2) is 5.16 Å². The molecule has 7 nitrogen and oxygen atoms in total. The molecule has 0 atom stereocenters. The lowest BCUT2D eigenvalue weighted by Crippen LogP contribution is -2.15. The number of amides is 2. The van der Waals surface area contributed by atoms with Gasteiger partial charge in [0.25, 0.3) is 0 Å². The van der Waals surface area contributed by atoms with Crippen molar-refractivity contribution in [3.8, 4) is 0 Å². The molecule has 2 amide bonds. The molecular weight excluding hydrogens is 410 g/mol. The van der Waals surface area contributed by atoms with E-state index in [2.05, 4.69) is 20.8 Å². The van der Waals surface area contributed by atoms with Crippen LogP contribution in [0, 0.1) is 20.8 Å². The SMILES string of the molecule is Cc1ccc(NC(=O)CCc2nnc(SCC(=O)Nc3cccc(C)c3C)n2C)cc1. The van der Waals surface area contributed by atoms with Gasteiger partial charge in [0.05, 0.1) is 5.75 Å². The zero-order chi connectivity index (χ0) is 22.4. The number of aryl methyl sites for hydroxylation is 3. The van der Waals surface area contributed by atoms with Crippen LogP contribution in [0.3, 0.4) is 0 Å². The quantitative estimate of drug-likeness (QED) is 0.519. The molecule has 8 heteroatoms. The number of carbonyl (C=O) groups excluding carboxylic acids is 2. The van der Waals surface area contributed by atoms with Gasteiger partial charge < -0.3 is 15.2 Å². The van der Waals surface area contributed by atoms with E-state index in [1.807, 2.05) is 74.9 Å². The van der Waals surface area contributed by atoms with Gasteiger partial charge in [-0.3, -0.25) is 9.59 Å². The second-order valence-corrected chi connectivity index (χ2v) is 8.40. The maximum atomic E-state index is 12.3. The van der Waals surface area contributed by atoms with E-state index >= 15 is 0 Å². The van der Waals surface area contributed by atoms with Gasteiger partial charge in [-0.2, -0.15) is 0 Å². The normalized spacial score (nSPS) is 10.7. The molecule has 0 bridgehead atoms. The van der Waals surface area contributed by atoms with Crippen LogP contribution in [0.1, 0.15) is 28.9 Å². The Hall–Kier alpha value is -3.13. The van der Waals surface area contributed by atoms with Crippen LogP contribution < -0.4 is 10.6 Å². The van der Waals surface area contributed by atoms with Crippen LogP contribution in [0.4, 0.5) is 11.4 Å². The molecule has 0 unspecified atom stereocenters. The zero-order valence-corrected chi connectivity index (χ0v) is 19.0. The zero-order valence-electron chi connectivity index (χ0n) is 18.2. The molecule has 1 aromatic heterocycles. The van der Waals surface area contributed by atoms with Gasteiger partial charge >= 0.3 is 0 Å². The van der Waals surface area contributed by atoms with Crippen molar-refractivity contribution in [1.82, 2.24) is 14.8 Å². The molecule has 3 rings (SSSR count). The van der Waals surface area contributed by atoms with Crippen LogP contribution in [0.15, 0.2) is 47.6 Å². The largest absolute Gasteiger partial charge is 0.326 e. The lowest BCUT2D eigenvalue weighted by atomic mass is 10.1. The fourth-order valence-electron chi connectivity index (χ4n) is 2.98. The van der Waals surface area contributed by atoms with Crippen molar-refractivity contribution in [3.63, 3.8) is 0 Å². The lowest BCUT2D eigenvalue weighted by Gasteiger charge is -2.10. The molecular formula is C23H27N5O2S. The fourth-order valence-corrected chi connectivity index (χ4v) is 3.71. The molecule has 0 spiro atoms. The molecule has 31 heavy (non-hydrogen) atoms. The molecule has 162 valence electrons. The van der Waals surface area contributed by atoms with Gasteiger partial charge in [0.2, 0.25) is 11.8 Å². The number of hydrogen-bond donors (Lipinski definition) is 2. The predicted octanol–water partition coefficient (Wildman–Crippen LogP) is 4.04. The van der Waals surface area contributed by atoms with Gasteiger partial charge in [-0.25, -0.2) is 0 Å². The molecule has 0 radical (unpaired) electrons. The summed E-state index contributed by atoms with van der Waals surface area (Å²) < 4.78 is 1.83. The molecule has 2 aromatic carbocycles. The Morgan fingerprint density at radius 3 is 2.45 bits per heavy atom. The summed E-state index contributed by atoms with van der Waals surface area (Å²) in [6, 6.07) is 13.5. The summed E-state index contributed by atoms with van der Waals surface area (Å²) in [7, 11) is 1.85. The van der Waals surface area contributed by atoms with E-state index in [0.29, 0.717) is 23.8 Å². The smallest absolute Gasteiger partial charge is 0.234 e. The first kappa shape index (κ1) is 22.6. The topological polar surface area (TPSA) is 88.9 Å². The summed E-state index contributed by atoms with van der Waals surface area (Å²) in [6.07, 6.45) is 0.772. The summed E-state index contributed by atoms with van der Waals surface area (Å²) in [5, 5.41) is 14.8. The van der Waals surface area contributed by atoms with Gasteiger partial charge in [-0.05, 0) is 50.1 Å². The van der Waals surface area contributed by atoms with Crippen molar-refractivity contribution in [1.29, 1.82) is 0 Å². The first-order chi connectivity index (χ1) is 14.8. The second-order valence-electron chi connectivity index (χ2n) is 7.46. The average Bonchev–Trinajstić information content (AvgIpc) is 3.09. The van der Waals surface area contributed by atoms with Crippen LogP contribution in [-0.2, 0) is 23.1 Å². The van der Waals surface area contributed by atoms with Crippen LogP contribution in [0.2, 0.25) is 0 Å². The van der Waals surface area contributed by atoms with Crippen molar-refractivity contribution in [2.24, 2.45) is 7.05 Å². The van der Waals surface area contributed by atoms with E-state index in [-0.39, 0.29) is 17.6 Å². The van der Waals surface area contributed by atoms with Crippen LogP contribution >= 0.6 is 11.8 Å². The third-order valence-corrected chi connectivity index (χ3v) is 6.07. The minimum atomic E-state index is -0.0966. The molecule has 2 N–H and O–H groups in total. The van der Waals surface area contributed by atoms with Gasteiger partial charge in [0.1, 0.15) is 5.82 Å². The van der Waals surface area contributed by atoms with Crippen molar-refractivity contribution in [2.75, 3.05) is 16.4 Å². The van der Waals surface area contributed by atoms with Gasteiger partial charge in [-0.1, -0.05) is 41.6 Å². The van der Waals surface area contributed by atoms with Crippen LogP contribution in [0.25, 0.3) is 0 Å².